The number of hydrogen-bond acceptors (Lipinski definition) is 5. The van der Waals surface area contributed by atoms with Gasteiger partial charge in [0.2, 0.25) is 0 Å². The van der Waals surface area contributed by atoms with Crippen LogP contribution in [0.4, 0.5) is 4.39 Å². The molecule has 0 aliphatic rings. The summed E-state index contributed by atoms with van der Waals surface area (Å²) in [5, 5.41) is 7.19. The highest BCUT2D eigenvalue weighted by atomic mass is 32.2. The molecule has 0 amide bonds. The van der Waals surface area contributed by atoms with E-state index in [4.69, 9.17) is 0 Å². The molecule has 0 bridgehead atoms. The lowest BCUT2D eigenvalue weighted by Gasteiger charge is -2.12. The summed E-state index contributed by atoms with van der Waals surface area (Å²) in [5.74, 6) is -0.498. The van der Waals surface area contributed by atoms with E-state index in [-0.39, 0.29) is 16.2 Å². The summed E-state index contributed by atoms with van der Waals surface area (Å²) in [5.41, 5.74) is 2.62. The van der Waals surface area contributed by atoms with E-state index in [2.05, 4.69) is 15.4 Å². The summed E-state index contributed by atoms with van der Waals surface area (Å²) in [4.78, 5) is 4.07. The Bertz CT molecular complexity index is 1310. The lowest BCUT2D eigenvalue weighted by atomic mass is 10.1. The number of pyridine rings is 1. The van der Waals surface area contributed by atoms with Crippen molar-refractivity contribution in [3.8, 4) is 16.9 Å². The standard InChI is InChI=1S/C21H20FN5O2S/c1-15-9-25-26(13-15)17-8-18(12-24-11-17)30(28,29)27-14-16(10-23-2)7-21(27)19-5-3-4-6-20(19)22/h3-9,11-14,23H,10H2,1-2H3. The van der Waals surface area contributed by atoms with Gasteiger partial charge in [0.1, 0.15) is 10.7 Å². The van der Waals surface area contributed by atoms with Crippen molar-refractivity contribution in [2.24, 2.45) is 0 Å². The molecule has 0 atom stereocenters. The third kappa shape index (κ3) is 3.64. The molecule has 0 radical (unpaired) electrons. The van der Waals surface area contributed by atoms with Crippen molar-refractivity contribution in [3.63, 3.8) is 0 Å². The lowest BCUT2D eigenvalue weighted by Crippen LogP contribution is -2.14. The number of nitrogens with one attached hydrogen (secondary N) is 1. The largest absolute Gasteiger partial charge is 0.316 e. The minimum atomic E-state index is -4.04. The second-order valence-corrected chi connectivity index (χ2v) is 8.70. The third-order valence-electron chi connectivity index (χ3n) is 4.61. The van der Waals surface area contributed by atoms with Crippen LogP contribution in [-0.2, 0) is 16.6 Å². The molecule has 3 heterocycles. The Labute approximate surface area is 173 Å². The normalized spacial score (nSPS) is 11.7. The smallest absolute Gasteiger partial charge is 0.269 e. The molecule has 4 aromatic rings. The van der Waals surface area contributed by atoms with Gasteiger partial charge in [-0.15, -0.1) is 0 Å². The Morgan fingerprint density at radius 3 is 2.60 bits per heavy atom. The first-order valence-corrected chi connectivity index (χ1v) is 10.7. The first-order valence-electron chi connectivity index (χ1n) is 9.23. The Kier molecular flexibility index (Phi) is 5.23. The van der Waals surface area contributed by atoms with Crippen molar-refractivity contribution in [1.82, 2.24) is 24.1 Å². The minimum absolute atomic E-state index is 0.0163. The fourth-order valence-corrected chi connectivity index (χ4v) is 4.58. The van der Waals surface area contributed by atoms with Gasteiger partial charge in [0.25, 0.3) is 10.0 Å². The summed E-state index contributed by atoms with van der Waals surface area (Å²) in [6, 6.07) is 9.26. The number of hydrogen-bond donors (Lipinski definition) is 1. The molecule has 1 N–H and O–H groups in total. The van der Waals surface area contributed by atoms with Gasteiger partial charge in [-0.25, -0.2) is 21.5 Å². The molecule has 9 heteroatoms. The predicted molar refractivity (Wildman–Crippen MR) is 111 cm³/mol. The van der Waals surface area contributed by atoms with E-state index >= 15 is 0 Å². The Balaban J connectivity index is 1.86. The van der Waals surface area contributed by atoms with Gasteiger partial charge in [-0.2, -0.15) is 5.10 Å². The van der Waals surface area contributed by atoms with Crippen molar-refractivity contribution in [2.45, 2.75) is 18.4 Å². The van der Waals surface area contributed by atoms with Gasteiger partial charge in [0.05, 0.1) is 23.8 Å². The molecule has 0 saturated carbocycles. The molecule has 0 spiro atoms. The van der Waals surface area contributed by atoms with Crippen LogP contribution in [0.25, 0.3) is 16.9 Å². The van der Waals surface area contributed by atoms with Crippen molar-refractivity contribution < 1.29 is 12.8 Å². The molecule has 0 saturated heterocycles. The fraction of sp³-hybridized carbons (Fsp3) is 0.143. The second-order valence-electron chi connectivity index (χ2n) is 6.89. The van der Waals surface area contributed by atoms with Crippen molar-refractivity contribution in [1.29, 1.82) is 0 Å². The molecule has 0 aliphatic carbocycles. The summed E-state index contributed by atoms with van der Waals surface area (Å²) in [6.07, 6.45) is 7.76. The quantitative estimate of drug-likeness (QED) is 0.513. The zero-order valence-corrected chi connectivity index (χ0v) is 17.3. The van der Waals surface area contributed by atoms with E-state index in [0.29, 0.717) is 17.8 Å². The van der Waals surface area contributed by atoms with E-state index in [1.165, 1.54) is 30.7 Å². The van der Waals surface area contributed by atoms with E-state index < -0.39 is 15.8 Å². The maximum absolute atomic E-state index is 14.5. The molecule has 0 unspecified atom stereocenters. The molecule has 30 heavy (non-hydrogen) atoms. The molecule has 0 aliphatic heterocycles. The highest BCUT2D eigenvalue weighted by molar-refractivity contribution is 7.90. The van der Waals surface area contributed by atoms with Gasteiger partial charge in [0.15, 0.2) is 0 Å². The van der Waals surface area contributed by atoms with Gasteiger partial charge >= 0.3 is 0 Å². The Morgan fingerprint density at radius 1 is 1.10 bits per heavy atom. The van der Waals surface area contributed by atoms with Crippen LogP contribution in [0.3, 0.4) is 0 Å². The monoisotopic (exact) mass is 425 g/mol. The fourth-order valence-electron chi connectivity index (χ4n) is 3.20. The minimum Gasteiger partial charge on any atom is -0.316 e. The van der Waals surface area contributed by atoms with Crippen molar-refractivity contribution in [3.05, 3.63) is 84.3 Å². The van der Waals surface area contributed by atoms with Crippen molar-refractivity contribution >= 4 is 10.0 Å². The van der Waals surface area contributed by atoms with E-state index in [1.54, 1.807) is 48.4 Å². The summed E-state index contributed by atoms with van der Waals surface area (Å²) < 4.78 is 44.1. The third-order valence-corrected chi connectivity index (χ3v) is 6.24. The van der Waals surface area contributed by atoms with Crippen LogP contribution in [0.5, 0.6) is 0 Å². The highest BCUT2D eigenvalue weighted by Crippen LogP contribution is 2.29. The van der Waals surface area contributed by atoms with Crippen LogP contribution in [0.2, 0.25) is 0 Å². The maximum atomic E-state index is 14.5. The average molecular weight is 425 g/mol. The molecular formula is C21H20FN5O2S. The van der Waals surface area contributed by atoms with Crippen molar-refractivity contribution in [2.75, 3.05) is 7.05 Å². The van der Waals surface area contributed by atoms with Crippen LogP contribution in [-0.4, -0.2) is 34.2 Å². The first kappa shape index (κ1) is 20.0. The second kappa shape index (κ2) is 7.85. The number of benzene rings is 1. The van der Waals surface area contributed by atoms with Gasteiger partial charge in [0, 0.05) is 30.7 Å². The molecule has 7 nitrogen and oxygen atoms in total. The predicted octanol–water partition coefficient (Wildman–Crippen LogP) is 3.14. The molecular weight excluding hydrogens is 405 g/mol. The number of rotatable bonds is 6. The van der Waals surface area contributed by atoms with E-state index in [0.717, 1.165) is 9.54 Å². The molecule has 154 valence electrons. The molecule has 4 rings (SSSR count). The number of nitrogens with zero attached hydrogens (tertiary/aromatic N) is 4. The highest BCUT2D eigenvalue weighted by Gasteiger charge is 2.24. The van der Waals surface area contributed by atoms with E-state index in [9.17, 15) is 12.8 Å². The van der Waals surface area contributed by atoms with Gasteiger partial charge in [-0.05, 0) is 49.4 Å². The zero-order chi connectivity index (χ0) is 21.3. The zero-order valence-electron chi connectivity index (χ0n) is 16.4. The van der Waals surface area contributed by atoms with Gasteiger partial charge < -0.3 is 5.32 Å². The topological polar surface area (TPSA) is 81.8 Å². The van der Waals surface area contributed by atoms with Crippen LogP contribution in [0, 0.1) is 12.7 Å². The number of aryl methyl sites for hydroxylation is 1. The van der Waals surface area contributed by atoms with Crippen LogP contribution >= 0.6 is 0 Å². The average Bonchev–Trinajstić information content (AvgIpc) is 3.36. The SMILES string of the molecule is CNCc1cc(-c2ccccc2F)n(S(=O)(=O)c2cncc(-n3cc(C)cn3)c2)c1. The van der Waals surface area contributed by atoms with Crippen LogP contribution in [0.1, 0.15) is 11.1 Å². The van der Waals surface area contributed by atoms with Gasteiger partial charge in [-0.3, -0.25) is 4.98 Å². The van der Waals surface area contributed by atoms with Gasteiger partial charge in [-0.1, -0.05) is 12.1 Å². The maximum Gasteiger partial charge on any atom is 0.269 e. The number of halogens is 1. The van der Waals surface area contributed by atoms with Crippen LogP contribution < -0.4 is 5.32 Å². The summed E-state index contributed by atoms with van der Waals surface area (Å²) in [7, 11) is -2.28. The summed E-state index contributed by atoms with van der Waals surface area (Å²) in [6.45, 7) is 2.33. The molecule has 1 aromatic carbocycles. The first-order chi connectivity index (χ1) is 14.4. The molecule has 3 aromatic heterocycles. The Morgan fingerprint density at radius 2 is 1.90 bits per heavy atom. The van der Waals surface area contributed by atoms with Crippen LogP contribution in [0.15, 0.2) is 72.3 Å². The molecule has 0 fully saturated rings. The Hall–Kier alpha value is -3.30. The summed E-state index contributed by atoms with van der Waals surface area (Å²) >= 11 is 0. The number of aromatic nitrogens is 4. The van der Waals surface area contributed by atoms with E-state index in [1.807, 2.05) is 6.92 Å². The lowest BCUT2D eigenvalue weighted by molar-refractivity contribution is 0.587.